The van der Waals surface area contributed by atoms with Crippen LogP contribution in [0.25, 0.3) is 10.9 Å². The third kappa shape index (κ3) is 4.87. The third-order valence-corrected chi connectivity index (χ3v) is 5.64. The van der Waals surface area contributed by atoms with Crippen molar-refractivity contribution in [1.82, 2.24) is 14.5 Å². The number of aromatic nitrogens is 2. The molecule has 0 fully saturated rings. The number of rotatable bonds is 7. The van der Waals surface area contributed by atoms with Crippen molar-refractivity contribution in [2.75, 3.05) is 26.0 Å². The molecule has 0 saturated heterocycles. The number of anilines is 2. The minimum Gasteiger partial charge on any atom is -0.461 e. The standard InChI is InChI=1S/C27H27FN4O3/c1-5-35-27(34)25-24(30-22-10-9-17(2)13-21(22)28)20-15-29-12-11-23(20)32(25)16-18-7-6-8-19(14-18)26(33)31(3)4/h6-15,30H,5,16H2,1-4H3. The van der Waals surface area contributed by atoms with Gasteiger partial charge in [-0.1, -0.05) is 18.2 Å². The number of pyridine rings is 1. The van der Waals surface area contributed by atoms with E-state index in [4.69, 9.17) is 4.74 Å². The molecule has 4 rings (SSSR count). The summed E-state index contributed by atoms with van der Waals surface area (Å²) in [5.41, 5.74) is 3.78. The van der Waals surface area contributed by atoms with Crippen LogP contribution in [0, 0.1) is 12.7 Å². The van der Waals surface area contributed by atoms with Crippen LogP contribution >= 0.6 is 0 Å². The van der Waals surface area contributed by atoms with E-state index in [9.17, 15) is 14.0 Å². The molecule has 1 N–H and O–H groups in total. The number of esters is 1. The Labute approximate surface area is 203 Å². The van der Waals surface area contributed by atoms with Crippen LogP contribution in [0.1, 0.15) is 38.9 Å². The van der Waals surface area contributed by atoms with Gasteiger partial charge in [-0.2, -0.15) is 0 Å². The molecule has 0 saturated carbocycles. The van der Waals surface area contributed by atoms with Crippen LogP contribution in [0.4, 0.5) is 15.8 Å². The third-order valence-electron chi connectivity index (χ3n) is 5.64. The van der Waals surface area contributed by atoms with Crippen LogP contribution in [0.3, 0.4) is 0 Å². The summed E-state index contributed by atoms with van der Waals surface area (Å²) in [6.07, 6.45) is 3.27. The van der Waals surface area contributed by atoms with Crippen LogP contribution in [0.5, 0.6) is 0 Å². The zero-order valence-electron chi connectivity index (χ0n) is 20.1. The van der Waals surface area contributed by atoms with Gasteiger partial charge in [0.25, 0.3) is 5.91 Å². The van der Waals surface area contributed by atoms with Crippen LogP contribution in [-0.2, 0) is 11.3 Å². The zero-order valence-corrected chi connectivity index (χ0v) is 20.1. The molecular formula is C27H27FN4O3. The number of nitrogens with zero attached hydrogens (tertiary/aromatic N) is 3. The van der Waals surface area contributed by atoms with Crippen molar-refractivity contribution < 1.29 is 18.7 Å². The Morgan fingerprint density at radius 2 is 1.94 bits per heavy atom. The van der Waals surface area contributed by atoms with E-state index >= 15 is 0 Å². The van der Waals surface area contributed by atoms with Gasteiger partial charge in [-0.05, 0) is 55.3 Å². The maximum Gasteiger partial charge on any atom is 0.357 e. The Balaban J connectivity index is 1.87. The van der Waals surface area contributed by atoms with E-state index in [-0.39, 0.29) is 23.9 Å². The van der Waals surface area contributed by atoms with E-state index in [2.05, 4.69) is 10.3 Å². The van der Waals surface area contributed by atoms with Gasteiger partial charge in [0.15, 0.2) is 5.69 Å². The normalized spacial score (nSPS) is 10.9. The Morgan fingerprint density at radius 3 is 2.66 bits per heavy atom. The lowest BCUT2D eigenvalue weighted by atomic mass is 10.1. The SMILES string of the molecule is CCOC(=O)c1c(Nc2ccc(C)cc2F)c2cnccc2n1Cc1cccc(C(=O)N(C)C)c1. The highest BCUT2D eigenvalue weighted by Crippen LogP contribution is 2.35. The Kier molecular flexibility index (Phi) is 6.82. The molecule has 1 amide bonds. The van der Waals surface area contributed by atoms with Crippen molar-refractivity contribution in [1.29, 1.82) is 0 Å². The van der Waals surface area contributed by atoms with Crippen molar-refractivity contribution in [3.63, 3.8) is 0 Å². The summed E-state index contributed by atoms with van der Waals surface area (Å²) in [7, 11) is 3.39. The van der Waals surface area contributed by atoms with Gasteiger partial charge in [0, 0.05) is 44.0 Å². The first-order chi connectivity index (χ1) is 16.8. The molecule has 0 aliphatic heterocycles. The second-order valence-corrected chi connectivity index (χ2v) is 8.43. The number of carbonyl (C=O) groups is 2. The summed E-state index contributed by atoms with van der Waals surface area (Å²) in [5, 5.41) is 3.75. The van der Waals surface area contributed by atoms with E-state index in [1.54, 1.807) is 63.7 Å². The van der Waals surface area contributed by atoms with E-state index in [0.29, 0.717) is 23.2 Å². The predicted molar refractivity (Wildman–Crippen MR) is 134 cm³/mol. The molecule has 0 atom stereocenters. The molecule has 0 spiro atoms. The quantitative estimate of drug-likeness (QED) is 0.375. The molecule has 7 nitrogen and oxygen atoms in total. The van der Waals surface area contributed by atoms with E-state index in [1.807, 2.05) is 23.6 Å². The van der Waals surface area contributed by atoms with Gasteiger partial charge in [-0.3, -0.25) is 9.78 Å². The van der Waals surface area contributed by atoms with Gasteiger partial charge >= 0.3 is 5.97 Å². The fourth-order valence-corrected chi connectivity index (χ4v) is 4.00. The number of hydrogen-bond acceptors (Lipinski definition) is 5. The molecule has 180 valence electrons. The van der Waals surface area contributed by atoms with Gasteiger partial charge in [-0.15, -0.1) is 0 Å². The molecule has 4 aromatic rings. The summed E-state index contributed by atoms with van der Waals surface area (Å²) in [5.74, 6) is -1.09. The lowest BCUT2D eigenvalue weighted by Gasteiger charge is -2.14. The van der Waals surface area contributed by atoms with Crippen LogP contribution in [0.15, 0.2) is 60.9 Å². The van der Waals surface area contributed by atoms with Crippen LogP contribution in [-0.4, -0.2) is 47.0 Å². The summed E-state index contributed by atoms with van der Waals surface area (Å²) in [6, 6.07) is 13.9. The van der Waals surface area contributed by atoms with Crippen LogP contribution in [0.2, 0.25) is 0 Å². The lowest BCUT2D eigenvalue weighted by molar-refractivity contribution is 0.0516. The highest BCUT2D eigenvalue weighted by Gasteiger charge is 2.25. The molecule has 0 aliphatic carbocycles. The van der Waals surface area contributed by atoms with Gasteiger partial charge in [-0.25, -0.2) is 9.18 Å². The minimum atomic E-state index is -0.542. The number of hydrogen-bond donors (Lipinski definition) is 1. The average Bonchev–Trinajstić information content (AvgIpc) is 3.13. The first kappa shape index (κ1) is 23.9. The van der Waals surface area contributed by atoms with Crippen LogP contribution < -0.4 is 5.32 Å². The summed E-state index contributed by atoms with van der Waals surface area (Å²) >= 11 is 0. The monoisotopic (exact) mass is 474 g/mol. The molecule has 0 radical (unpaired) electrons. The first-order valence-electron chi connectivity index (χ1n) is 11.3. The average molecular weight is 475 g/mol. The summed E-state index contributed by atoms with van der Waals surface area (Å²) in [6.45, 7) is 4.02. The maximum atomic E-state index is 14.7. The van der Waals surface area contributed by atoms with Gasteiger partial charge in [0.2, 0.25) is 0 Å². The molecule has 0 unspecified atom stereocenters. The molecule has 2 heterocycles. The highest BCUT2D eigenvalue weighted by molar-refractivity contribution is 6.07. The second kappa shape index (κ2) is 9.97. The lowest BCUT2D eigenvalue weighted by Crippen LogP contribution is -2.21. The molecule has 2 aromatic carbocycles. The van der Waals surface area contributed by atoms with Crippen molar-refractivity contribution in [3.8, 4) is 0 Å². The molecule has 0 aliphatic rings. The highest BCUT2D eigenvalue weighted by atomic mass is 19.1. The van der Waals surface area contributed by atoms with Crippen molar-refractivity contribution >= 4 is 34.2 Å². The molecule has 8 heteroatoms. The molecule has 0 bridgehead atoms. The largest absolute Gasteiger partial charge is 0.461 e. The van der Waals surface area contributed by atoms with Crippen molar-refractivity contribution in [3.05, 3.63) is 89.1 Å². The molecule has 35 heavy (non-hydrogen) atoms. The molecular weight excluding hydrogens is 447 g/mol. The minimum absolute atomic E-state index is 0.115. The van der Waals surface area contributed by atoms with Crippen molar-refractivity contribution in [2.24, 2.45) is 0 Å². The number of carbonyl (C=O) groups excluding carboxylic acids is 2. The maximum absolute atomic E-state index is 14.7. The number of aryl methyl sites for hydroxylation is 1. The van der Waals surface area contributed by atoms with Gasteiger partial charge in [0.1, 0.15) is 5.82 Å². The number of fused-ring (bicyclic) bond motifs is 1. The predicted octanol–water partition coefficient (Wildman–Crippen LogP) is 5.15. The zero-order chi connectivity index (χ0) is 25.1. The first-order valence-corrected chi connectivity index (χ1v) is 11.3. The topological polar surface area (TPSA) is 76.5 Å². The fraction of sp³-hybridized carbons (Fsp3) is 0.222. The van der Waals surface area contributed by atoms with Gasteiger partial charge < -0.3 is 19.5 Å². The Morgan fingerprint density at radius 1 is 1.14 bits per heavy atom. The fourth-order valence-electron chi connectivity index (χ4n) is 4.00. The van der Waals surface area contributed by atoms with Gasteiger partial charge in [0.05, 0.1) is 23.5 Å². The Bertz CT molecular complexity index is 1410. The number of halogens is 1. The summed E-state index contributed by atoms with van der Waals surface area (Å²) < 4.78 is 21.9. The number of nitrogens with one attached hydrogen (secondary N) is 1. The number of benzene rings is 2. The van der Waals surface area contributed by atoms with Crippen molar-refractivity contribution in [2.45, 2.75) is 20.4 Å². The van der Waals surface area contributed by atoms with E-state index < -0.39 is 11.8 Å². The van der Waals surface area contributed by atoms with E-state index in [0.717, 1.165) is 16.6 Å². The number of amides is 1. The summed E-state index contributed by atoms with van der Waals surface area (Å²) in [4.78, 5) is 31.4. The smallest absolute Gasteiger partial charge is 0.357 e. The molecule has 2 aromatic heterocycles. The Hall–Kier alpha value is -4.20. The number of ether oxygens (including phenoxy) is 1. The second-order valence-electron chi connectivity index (χ2n) is 8.43. The van der Waals surface area contributed by atoms with E-state index in [1.165, 1.54) is 11.0 Å².